The second kappa shape index (κ2) is 7.36. The van der Waals surface area contributed by atoms with E-state index in [0.717, 1.165) is 38.9 Å². The van der Waals surface area contributed by atoms with Crippen LogP contribution >= 0.6 is 0 Å². The van der Waals surface area contributed by atoms with Gasteiger partial charge in [-0.15, -0.1) is 0 Å². The van der Waals surface area contributed by atoms with Gasteiger partial charge in [0.1, 0.15) is 6.26 Å². The number of carbonyl (C=O) groups excluding carboxylic acids is 2. The third-order valence-electron chi connectivity index (χ3n) is 7.10. The third-order valence-corrected chi connectivity index (χ3v) is 7.10. The predicted octanol–water partition coefficient (Wildman–Crippen LogP) is 3.86. The molecule has 1 spiro atoms. The van der Waals surface area contributed by atoms with E-state index in [2.05, 4.69) is 29.6 Å². The van der Waals surface area contributed by atoms with Gasteiger partial charge in [-0.05, 0) is 66.5 Å². The Morgan fingerprint density at radius 1 is 1.14 bits per heavy atom. The number of rotatable bonds is 5. The van der Waals surface area contributed by atoms with Crippen LogP contribution in [0.1, 0.15) is 65.9 Å². The first-order chi connectivity index (χ1) is 14.1. The van der Waals surface area contributed by atoms with E-state index in [1.807, 2.05) is 4.90 Å². The Morgan fingerprint density at radius 2 is 1.93 bits per heavy atom. The summed E-state index contributed by atoms with van der Waals surface area (Å²) in [5.41, 5.74) is 3.45. The van der Waals surface area contributed by atoms with Crippen LogP contribution in [0.3, 0.4) is 0 Å². The number of nitrogens with one attached hydrogen (secondary N) is 1. The van der Waals surface area contributed by atoms with Crippen molar-refractivity contribution in [3.8, 4) is 0 Å². The summed E-state index contributed by atoms with van der Waals surface area (Å²) in [4.78, 5) is 27.1. The van der Waals surface area contributed by atoms with E-state index in [9.17, 15) is 9.59 Å². The van der Waals surface area contributed by atoms with Crippen LogP contribution in [0.25, 0.3) is 0 Å². The van der Waals surface area contributed by atoms with E-state index in [1.165, 1.54) is 30.2 Å². The maximum atomic E-state index is 12.7. The summed E-state index contributed by atoms with van der Waals surface area (Å²) in [7, 11) is 0. The highest BCUT2D eigenvalue weighted by molar-refractivity contribution is 5.93. The third kappa shape index (κ3) is 3.59. The molecule has 5 rings (SSSR count). The van der Waals surface area contributed by atoms with Gasteiger partial charge in [0.25, 0.3) is 5.91 Å². The van der Waals surface area contributed by atoms with Crippen LogP contribution in [-0.2, 0) is 10.2 Å². The number of hydrogen-bond acceptors (Lipinski definition) is 3. The summed E-state index contributed by atoms with van der Waals surface area (Å²) >= 11 is 0. The van der Waals surface area contributed by atoms with E-state index >= 15 is 0 Å². The van der Waals surface area contributed by atoms with Crippen LogP contribution < -0.4 is 5.32 Å². The van der Waals surface area contributed by atoms with E-state index < -0.39 is 0 Å². The van der Waals surface area contributed by atoms with E-state index in [1.54, 1.807) is 12.3 Å². The molecule has 152 valence electrons. The number of carbonyl (C=O) groups is 2. The minimum atomic E-state index is 0.0517. The van der Waals surface area contributed by atoms with Gasteiger partial charge in [-0.2, -0.15) is 0 Å². The van der Waals surface area contributed by atoms with Gasteiger partial charge < -0.3 is 14.6 Å². The van der Waals surface area contributed by atoms with Crippen molar-refractivity contribution in [2.75, 3.05) is 19.6 Å². The summed E-state index contributed by atoms with van der Waals surface area (Å²) in [6.07, 6.45) is 9.06. The van der Waals surface area contributed by atoms with Gasteiger partial charge in [0, 0.05) is 26.1 Å². The number of likely N-dealkylation sites (tertiary alicyclic amines) is 1. The molecule has 2 amide bonds. The Labute approximate surface area is 171 Å². The molecule has 0 radical (unpaired) electrons. The number of benzene rings is 1. The summed E-state index contributed by atoms with van der Waals surface area (Å²) in [6, 6.07) is 10.4. The summed E-state index contributed by atoms with van der Waals surface area (Å²) in [6.45, 7) is 2.33. The lowest BCUT2D eigenvalue weighted by Crippen LogP contribution is -2.44. The zero-order valence-electron chi connectivity index (χ0n) is 16.7. The molecule has 2 fully saturated rings. The van der Waals surface area contributed by atoms with Crippen molar-refractivity contribution >= 4 is 11.8 Å². The second-order valence-electron chi connectivity index (χ2n) is 9.02. The molecule has 1 aliphatic heterocycles. The highest BCUT2D eigenvalue weighted by atomic mass is 16.3. The summed E-state index contributed by atoms with van der Waals surface area (Å²) in [5.74, 6) is 1.22. The molecular weight excluding hydrogens is 364 g/mol. The highest BCUT2D eigenvalue weighted by Gasteiger charge is 2.46. The van der Waals surface area contributed by atoms with Gasteiger partial charge in [-0.3, -0.25) is 9.59 Å². The van der Waals surface area contributed by atoms with Crippen LogP contribution in [0.2, 0.25) is 0 Å². The summed E-state index contributed by atoms with van der Waals surface area (Å²) in [5, 5.41) is 3.13. The van der Waals surface area contributed by atoms with Gasteiger partial charge in [0.2, 0.25) is 5.91 Å². The quantitative estimate of drug-likeness (QED) is 0.841. The zero-order chi connectivity index (χ0) is 19.8. The molecule has 0 bridgehead atoms. The van der Waals surface area contributed by atoms with Crippen molar-refractivity contribution in [2.24, 2.45) is 5.92 Å². The number of fused-ring (bicyclic) bond motifs is 2. The molecule has 1 N–H and O–H groups in total. The first kappa shape index (κ1) is 18.5. The molecule has 2 aliphatic carbocycles. The van der Waals surface area contributed by atoms with Crippen molar-refractivity contribution in [1.82, 2.24) is 10.2 Å². The average molecular weight is 392 g/mol. The van der Waals surface area contributed by atoms with E-state index in [0.29, 0.717) is 17.9 Å². The lowest BCUT2D eigenvalue weighted by atomic mass is 9.73. The smallest absolute Gasteiger partial charge is 0.257 e. The van der Waals surface area contributed by atoms with Crippen LogP contribution in [0.4, 0.5) is 0 Å². The molecular formula is C24H28N2O3. The molecule has 29 heavy (non-hydrogen) atoms. The number of nitrogens with zero attached hydrogens (tertiary/aromatic N) is 1. The molecule has 0 unspecified atom stereocenters. The van der Waals surface area contributed by atoms with E-state index in [4.69, 9.17) is 4.42 Å². The van der Waals surface area contributed by atoms with Gasteiger partial charge in [0.05, 0.1) is 11.8 Å². The van der Waals surface area contributed by atoms with Gasteiger partial charge in [-0.25, -0.2) is 0 Å². The minimum Gasteiger partial charge on any atom is -0.472 e. The maximum Gasteiger partial charge on any atom is 0.257 e. The highest BCUT2D eigenvalue weighted by Crippen LogP contribution is 2.52. The standard InChI is InChI=1S/C24H28N2O3/c27-22(25-15-17-5-6-17)13-19-14-24(21-4-2-1-3-20(19)21)8-10-26(11-9-24)23(28)18-7-12-29-16-18/h1-4,7,12,16-17,19H,5-6,8-11,13-15H2,(H,25,27)/t19-/m0/s1. The van der Waals surface area contributed by atoms with Crippen LogP contribution in [0.15, 0.2) is 47.3 Å². The maximum absolute atomic E-state index is 12.7. The molecule has 1 saturated heterocycles. The van der Waals surface area contributed by atoms with Crippen molar-refractivity contribution in [2.45, 2.75) is 49.9 Å². The Hall–Kier alpha value is -2.56. The Kier molecular flexibility index (Phi) is 4.69. The number of hydrogen-bond donors (Lipinski definition) is 1. The lowest BCUT2D eigenvalue weighted by molar-refractivity contribution is -0.121. The summed E-state index contributed by atoms with van der Waals surface area (Å²) < 4.78 is 5.07. The lowest BCUT2D eigenvalue weighted by Gasteiger charge is -2.40. The number of amides is 2. The Bertz CT molecular complexity index is 893. The fraction of sp³-hybridized carbons (Fsp3) is 0.500. The molecule has 5 nitrogen and oxygen atoms in total. The molecule has 3 aliphatic rings. The molecule has 2 heterocycles. The van der Waals surface area contributed by atoms with Gasteiger partial charge >= 0.3 is 0 Å². The van der Waals surface area contributed by atoms with Crippen LogP contribution in [0.5, 0.6) is 0 Å². The van der Waals surface area contributed by atoms with E-state index in [-0.39, 0.29) is 23.1 Å². The topological polar surface area (TPSA) is 62.6 Å². The molecule has 1 aromatic carbocycles. The molecule has 5 heteroatoms. The van der Waals surface area contributed by atoms with Crippen LogP contribution in [-0.4, -0.2) is 36.3 Å². The van der Waals surface area contributed by atoms with Crippen LogP contribution in [0, 0.1) is 5.92 Å². The van der Waals surface area contributed by atoms with Crippen molar-refractivity contribution in [3.63, 3.8) is 0 Å². The Morgan fingerprint density at radius 3 is 2.66 bits per heavy atom. The molecule has 1 atom stereocenters. The average Bonchev–Trinajstić information content (AvgIpc) is 3.33. The fourth-order valence-electron chi connectivity index (χ4n) is 5.27. The first-order valence-corrected chi connectivity index (χ1v) is 10.8. The normalized spacial score (nSPS) is 22.5. The monoisotopic (exact) mass is 392 g/mol. The first-order valence-electron chi connectivity index (χ1n) is 10.8. The van der Waals surface area contributed by atoms with Crippen molar-refractivity contribution in [1.29, 1.82) is 0 Å². The van der Waals surface area contributed by atoms with Crippen molar-refractivity contribution < 1.29 is 14.0 Å². The molecule has 2 aromatic rings. The molecule has 1 aromatic heterocycles. The Balaban J connectivity index is 1.28. The zero-order valence-corrected chi connectivity index (χ0v) is 16.7. The largest absolute Gasteiger partial charge is 0.472 e. The van der Waals surface area contributed by atoms with Crippen molar-refractivity contribution in [3.05, 3.63) is 59.5 Å². The SMILES string of the molecule is O=C(C[C@H]1CC2(CCN(C(=O)c3ccoc3)CC2)c2ccccc21)NCC1CC1. The number of furan rings is 1. The second-order valence-corrected chi connectivity index (χ2v) is 9.02. The molecule has 1 saturated carbocycles. The van der Waals surface area contributed by atoms with Gasteiger partial charge in [0.15, 0.2) is 0 Å². The predicted molar refractivity (Wildman–Crippen MR) is 110 cm³/mol. The fourth-order valence-corrected chi connectivity index (χ4v) is 5.27. The number of piperidine rings is 1. The minimum absolute atomic E-state index is 0.0517. The van der Waals surface area contributed by atoms with Gasteiger partial charge in [-0.1, -0.05) is 24.3 Å².